The smallest absolute Gasteiger partial charge is 0.265 e. The van der Waals surface area contributed by atoms with Crippen LogP contribution >= 0.6 is 0 Å². The molecule has 8 heteroatoms. The second kappa shape index (κ2) is 9.15. The molecule has 0 radical (unpaired) electrons. The van der Waals surface area contributed by atoms with Gasteiger partial charge in [-0.1, -0.05) is 18.2 Å². The Morgan fingerprint density at radius 2 is 1.79 bits per heavy atom. The van der Waals surface area contributed by atoms with Gasteiger partial charge in [0.1, 0.15) is 16.4 Å². The number of anilines is 2. The summed E-state index contributed by atoms with van der Waals surface area (Å²) in [6, 6.07) is 15.4. The van der Waals surface area contributed by atoms with Gasteiger partial charge in [-0.15, -0.1) is 0 Å². The minimum absolute atomic E-state index is 0.0655. The fourth-order valence-corrected chi connectivity index (χ4v) is 5.23. The van der Waals surface area contributed by atoms with Gasteiger partial charge in [-0.2, -0.15) is 0 Å². The molecule has 0 saturated heterocycles. The number of hydrogen-bond acceptors (Lipinski definition) is 5. The average Bonchev–Trinajstić information content (AvgIpc) is 2.81. The maximum atomic E-state index is 13.2. The number of ether oxygens (including phenoxy) is 2. The van der Waals surface area contributed by atoms with Crippen LogP contribution in [-0.4, -0.2) is 28.0 Å². The zero-order valence-corrected chi connectivity index (χ0v) is 19.6. The second-order valence-corrected chi connectivity index (χ2v) is 9.62. The van der Waals surface area contributed by atoms with Crippen LogP contribution in [0.1, 0.15) is 33.5 Å². The molecule has 0 aromatic heterocycles. The summed E-state index contributed by atoms with van der Waals surface area (Å²) >= 11 is 0. The van der Waals surface area contributed by atoms with E-state index in [1.165, 1.54) is 19.2 Å². The zero-order chi connectivity index (χ0) is 23.6. The van der Waals surface area contributed by atoms with Gasteiger partial charge < -0.3 is 14.8 Å². The lowest BCUT2D eigenvalue weighted by Crippen LogP contribution is -2.17. The minimum atomic E-state index is -3.98. The summed E-state index contributed by atoms with van der Waals surface area (Å²) in [4.78, 5) is 12.8. The molecule has 0 atom stereocenters. The van der Waals surface area contributed by atoms with Crippen molar-refractivity contribution in [3.63, 3.8) is 0 Å². The first-order valence-electron chi connectivity index (χ1n) is 10.6. The molecule has 2 N–H and O–H groups in total. The Labute approximate surface area is 193 Å². The third kappa shape index (κ3) is 4.80. The lowest BCUT2D eigenvalue weighted by atomic mass is 10.0. The van der Waals surface area contributed by atoms with E-state index in [1.807, 2.05) is 38.1 Å². The number of amides is 1. The Kier molecular flexibility index (Phi) is 6.29. The van der Waals surface area contributed by atoms with Crippen LogP contribution in [0.2, 0.25) is 0 Å². The van der Waals surface area contributed by atoms with Crippen LogP contribution in [0.25, 0.3) is 0 Å². The maximum absolute atomic E-state index is 13.2. The molecular weight excluding hydrogens is 440 g/mol. The summed E-state index contributed by atoms with van der Waals surface area (Å²) in [7, 11) is -2.58. The van der Waals surface area contributed by atoms with Crippen LogP contribution in [0.15, 0.2) is 59.5 Å². The molecule has 3 aromatic rings. The molecular formula is C25H26N2O5S. The van der Waals surface area contributed by atoms with Crippen LogP contribution < -0.4 is 19.5 Å². The zero-order valence-electron chi connectivity index (χ0n) is 18.8. The molecule has 0 spiro atoms. The summed E-state index contributed by atoms with van der Waals surface area (Å²) < 4.78 is 40.0. The van der Waals surface area contributed by atoms with Gasteiger partial charge in [-0.25, -0.2) is 8.42 Å². The van der Waals surface area contributed by atoms with Crippen molar-refractivity contribution >= 4 is 27.3 Å². The molecule has 0 bridgehead atoms. The lowest BCUT2D eigenvalue weighted by Gasteiger charge is -2.18. The molecule has 1 aliphatic rings. The van der Waals surface area contributed by atoms with Crippen molar-refractivity contribution in [2.75, 3.05) is 23.8 Å². The fraction of sp³-hybridized carbons (Fsp3) is 0.240. The van der Waals surface area contributed by atoms with E-state index in [2.05, 4.69) is 10.0 Å². The standard InChI is InChI=1S/C25H26N2O5S/c1-16-6-4-7-17(2)24(16)27-33(29,30)23-15-20(10-12-22(23)31-3)26-25(28)19-9-11-21-18(14-19)8-5-13-32-21/h4,6-7,9-12,14-15,27H,5,8,13H2,1-3H3,(H,26,28). The summed E-state index contributed by atoms with van der Waals surface area (Å²) in [6.45, 7) is 4.35. The number of carbonyl (C=O) groups excluding carboxylic acids is 1. The normalized spacial score (nSPS) is 12.9. The second-order valence-electron chi connectivity index (χ2n) is 7.97. The van der Waals surface area contributed by atoms with Crippen molar-refractivity contribution in [1.82, 2.24) is 0 Å². The van der Waals surface area contributed by atoms with E-state index in [-0.39, 0.29) is 16.6 Å². The largest absolute Gasteiger partial charge is 0.495 e. The van der Waals surface area contributed by atoms with Crippen LogP contribution in [0, 0.1) is 13.8 Å². The first kappa shape index (κ1) is 22.7. The number of hydrogen-bond donors (Lipinski definition) is 2. The SMILES string of the molecule is COc1ccc(NC(=O)c2ccc3c(c2)CCCO3)cc1S(=O)(=O)Nc1c(C)cccc1C. The van der Waals surface area contributed by atoms with Gasteiger partial charge in [-0.3, -0.25) is 9.52 Å². The van der Waals surface area contributed by atoms with Gasteiger partial charge in [0.05, 0.1) is 19.4 Å². The third-order valence-electron chi connectivity index (χ3n) is 5.60. The molecule has 0 aliphatic carbocycles. The van der Waals surface area contributed by atoms with E-state index in [4.69, 9.17) is 9.47 Å². The highest BCUT2D eigenvalue weighted by Gasteiger charge is 2.23. The molecule has 4 rings (SSSR count). The van der Waals surface area contributed by atoms with E-state index >= 15 is 0 Å². The van der Waals surface area contributed by atoms with Crippen LogP contribution in [-0.2, 0) is 16.4 Å². The molecule has 1 aliphatic heterocycles. The average molecular weight is 467 g/mol. The number of rotatable bonds is 6. The lowest BCUT2D eigenvalue weighted by molar-refractivity contribution is 0.102. The first-order valence-corrected chi connectivity index (χ1v) is 12.1. The van der Waals surface area contributed by atoms with E-state index in [0.717, 1.165) is 35.3 Å². The molecule has 0 unspecified atom stereocenters. The van der Waals surface area contributed by atoms with Gasteiger partial charge in [-0.05, 0) is 79.8 Å². The number of carbonyl (C=O) groups is 1. The van der Waals surface area contributed by atoms with Crippen molar-refractivity contribution in [2.45, 2.75) is 31.6 Å². The highest BCUT2D eigenvalue weighted by molar-refractivity contribution is 7.92. The quantitative estimate of drug-likeness (QED) is 0.550. The molecule has 172 valence electrons. The molecule has 0 saturated carbocycles. The summed E-state index contributed by atoms with van der Waals surface area (Å²) in [6.07, 6.45) is 1.76. The topological polar surface area (TPSA) is 93.7 Å². The Hall–Kier alpha value is -3.52. The number of methoxy groups -OCH3 is 1. The van der Waals surface area contributed by atoms with Crippen molar-refractivity contribution in [1.29, 1.82) is 0 Å². The monoisotopic (exact) mass is 466 g/mol. The number of nitrogens with one attached hydrogen (secondary N) is 2. The number of fused-ring (bicyclic) bond motifs is 1. The van der Waals surface area contributed by atoms with E-state index in [0.29, 0.717) is 23.5 Å². The minimum Gasteiger partial charge on any atom is -0.495 e. The van der Waals surface area contributed by atoms with Gasteiger partial charge in [0, 0.05) is 11.3 Å². The van der Waals surface area contributed by atoms with Crippen LogP contribution in [0.3, 0.4) is 0 Å². The van der Waals surface area contributed by atoms with Gasteiger partial charge in [0.2, 0.25) is 0 Å². The van der Waals surface area contributed by atoms with Crippen LogP contribution in [0.4, 0.5) is 11.4 Å². The number of para-hydroxylation sites is 1. The maximum Gasteiger partial charge on any atom is 0.265 e. The predicted molar refractivity (Wildman–Crippen MR) is 128 cm³/mol. The van der Waals surface area contributed by atoms with E-state index in [9.17, 15) is 13.2 Å². The highest BCUT2D eigenvalue weighted by atomic mass is 32.2. The summed E-state index contributed by atoms with van der Waals surface area (Å²) in [5, 5.41) is 2.79. The summed E-state index contributed by atoms with van der Waals surface area (Å²) in [5.41, 5.74) is 3.94. The number of aryl methyl sites for hydroxylation is 3. The predicted octanol–water partition coefficient (Wildman–Crippen LogP) is 4.69. The van der Waals surface area contributed by atoms with Crippen molar-refractivity contribution in [3.05, 3.63) is 76.9 Å². The van der Waals surface area contributed by atoms with Gasteiger partial charge in [0.15, 0.2) is 0 Å². The van der Waals surface area contributed by atoms with Gasteiger partial charge >= 0.3 is 0 Å². The van der Waals surface area contributed by atoms with Gasteiger partial charge in [0.25, 0.3) is 15.9 Å². The third-order valence-corrected chi connectivity index (χ3v) is 6.97. The fourth-order valence-electron chi connectivity index (χ4n) is 3.83. The molecule has 1 amide bonds. The van der Waals surface area contributed by atoms with Crippen molar-refractivity contribution in [3.8, 4) is 11.5 Å². The molecule has 7 nitrogen and oxygen atoms in total. The Balaban J connectivity index is 1.62. The Morgan fingerprint density at radius 1 is 1.03 bits per heavy atom. The number of sulfonamides is 1. The molecule has 1 heterocycles. The Bertz CT molecular complexity index is 1300. The molecule has 3 aromatic carbocycles. The first-order chi connectivity index (χ1) is 15.8. The number of benzene rings is 3. The van der Waals surface area contributed by atoms with E-state index in [1.54, 1.807) is 18.2 Å². The molecule has 33 heavy (non-hydrogen) atoms. The Morgan fingerprint density at radius 3 is 2.52 bits per heavy atom. The van der Waals surface area contributed by atoms with Crippen molar-refractivity contribution in [2.24, 2.45) is 0 Å². The van der Waals surface area contributed by atoms with Crippen molar-refractivity contribution < 1.29 is 22.7 Å². The summed E-state index contributed by atoms with van der Waals surface area (Å²) in [5.74, 6) is 0.644. The van der Waals surface area contributed by atoms with Crippen LogP contribution in [0.5, 0.6) is 11.5 Å². The molecule has 0 fully saturated rings. The van der Waals surface area contributed by atoms with E-state index < -0.39 is 10.0 Å². The highest BCUT2D eigenvalue weighted by Crippen LogP contribution is 2.31.